The molecule has 0 bridgehead atoms. The molecule has 2 heterocycles. The van der Waals surface area contributed by atoms with Crippen LogP contribution < -0.4 is 9.47 Å². The lowest BCUT2D eigenvalue weighted by atomic mass is 10.1. The number of morpholine rings is 1. The predicted molar refractivity (Wildman–Crippen MR) is 99.1 cm³/mol. The molecule has 1 saturated heterocycles. The maximum Gasteiger partial charge on any atom is 0.286 e. The van der Waals surface area contributed by atoms with E-state index in [1.807, 2.05) is 32.0 Å². The largest absolute Gasteiger partial charge is 0.493 e. The molecule has 0 unspecified atom stereocenters. The zero-order valence-electron chi connectivity index (χ0n) is 14.8. The van der Waals surface area contributed by atoms with Gasteiger partial charge in [0.25, 0.3) is 5.91 Å². The molecule has 0 saturated carbocycles. The first-order valence-electron chi connectivity index (χ1n) is 8.15. The van der Waals surface area contributed by atoms with Crippen LogP contribution in [0.25, 0.3) is 6.08 Å². The number of carbonyl (C=O) groups excluding carboxylic acids is 1. The van der Waals surface area contributed by atoms with Crippen molar-refractivity contribution in [1.82, 2.24) is 4.90 Å². The lowest BCUT2D eigenvalue weighted by Gasteiger charge is -2.35. The molecule has 1 fully saturated rings. The lowest BCUT2D eigenvalue weighted by Crippen LogP contribution is -2.47. The number of para-hydroxylation sites is 1. The van der Waals surface area contributed by atoms with Gasteiger partial charge in [-0.25, -0.2) is 0 Å². The van der Waals surface area contributed by atoms with Crippen molar-refractivity contribution in [2.24, 2.45) is 4.99 Å². The molecule has 2 aliphatic heterocycles. The fourth-order valence-electron chi connectivity index (χ4n) is 3.03. The number of thioether (sulfide) groups is 1. The second-order valence-corrected chi connectivity index (χ2v) is 7.06. The summed E-state index contributed by atoms with van der Waals surface area (Å²) in [6.07, 6.45) is 2.04. The normalized spacial score (nSPS) is 25.3. The maximum absolute atomic E-state index is 12.3. The molecule has 7 heteroatoms. The van der Waals surface area contributed by atoms with Gasteiger partial charge in [0, 0.05) is 18.7 Å². The number of rotatable bonds is 3. The molecule has 0 radical (unpaired) electrons. The Morgan fingerprint density at radius 3 is 2.60 bits per heavy atom. The minimum atomic E-state index is -0.225. The molecule has 134 valence electrons. The van der Waals surface area contributed by atoms with Crippen molar-refractivity contribution in [3.8, 4) is 11.5 Å². The molecule has 1 aromatic rings. The smallest absolute Gasteiger partial charge is 0.286 e. The number of carbonyl (C=O) groups is 1. The first kappa shape index (κ1) is 17.8. The van der Waals surface area contributed by atoms with Gasteiger partial charge in [-0.2, -0.15) is 4.99 Å². The van der Waals surface area contributed by atoms with Crippen molar-refractivity contribution in [3.63, 3.8) is 0 Å². The van der Waals surface area contributed by atoms with Gasteiger partial charge in [-0.1, -0.05) is 12.1 Å². The van der Waals surface area contributed by atoms with Gasteiger partial charge in [0.05, 0.1) is 31.3 Å². The van der Waals surface area contributed by atoms with Crippen molar-refractivity contribution >= 4 is 28.9 Å². The second kappa shape index (κ2) is 7.49. The lowest BCUT2D eigenvalue weighted by molar-refractivity contribution is -0.113. The van der Waals surface area contributed by atoms with Gasteiger partial charge in [-0.15, -0.1) is 0 Å². The van der Waals surface area contributed by atoms with E-state index in [2.05, 4.69) is 9.89 Å². The highest BCUT2D eigenvalue weighted by Gasteiger charge is 2.31. The highest BCUT2D eigenvalue weighted by molar-refractivity contribution is 8.18. The molecular weight excluding hydrogens is 340 g/mol. The topological polar surface area (TPSA) is 60.4 Å². The van der Waals surface area contributed by atoms with Crippen LogP contribution in [0.4, 0.5) is 0 Å². The van der Waals surface area contributed by atoms with Gasteiger partial charge >= 0.3 is 0 Å². The Labute approximate surface area is 151 Å². The Morgan fingerprint density at radius 2 is 1.96 bits per heavy atom. The van der Waals surface area contributed by atoms with E-state index in [0.717, 1.165) is 23.8 Å². The summed E-state index contributed by atoms with van der Waals surface area (Å²) in [5.41, 5.74) is 0.790. The van der Waals surface area contributed by atoms with Crippen LogP contribution >= 0.6 is 11.8 Å². The Bertz CT molecular complexity index is 722. The zero-order chi connectivity index (χ0) is 18.0. The molecule has 0 N–H and O–H groups in total. The minimum absolute atomic E-state index is 0.119. The van der Waals surface area contributed by atoms with Gasteiger partial charge < -0.3 is 19.1 Å². The number of amidine groups is 1. The summed E-state index contributed by atoms with van der Waals surface area (Å²) in [6, 6.07) is 5.58. The molecule has 25 heavy (non-hydrogen) atoms. The van der Waals surface area contributed by atoms with Gasteiger partial charge in [0.1, 0.15) is 0 Å². The van der Waals surface area contributed by atoms with Crippen molar-refractivity contribution in [3.05, 3.63) is 28.7 Å². The third kappa shape index (κ3) is 3.82. The Hall–Kier alpha value is -1.99. The monoisotopic (exact) mass is 362 g/mol. The number of aliphatic imine (C=N–C) groups is 1. The van der Waals surface area contributed by atoms with E-state index in [1.165, 1.54) is 11.8 Å². The van der Waals surface area contributed by atoms with E-state index in [4.69, 9.17) is 14.2 Å². The van der Waals surface area contributed by atoms with Gasteiger partial charge in [-0.3, -0.25) is 4.79 Å². The highest BCUT2D eigenvalue weighted by Crippen LogP contribution is 2.36. The van der Waals surface area contributed by atoms with E-state index in [0.29, 0.717) is 16.4 Å². The second-order valence-electron chi connectivity index (χ2n) is 6.06. The van der Waals surface area contributed by atoms with Crippen molar-refractivity contribution < 1.29 is 19.0 Å². The molecule has 1 aromatic carbocycles. The highest BCUT2D eigenvalue weighted by atomic mass is 32.2. The fraction of sp³-hybridized carbons (Fsp3) is 0.444. The van der Waals surface area contributed by atoms with Crippen molar-refractivity contribution in [2.45, 2.75) is 26.1 Å². The molecule has 3 rings (SSSR count). The SMILES string of the molecule is COc1cccc(/C=C2\SC(N3C[C@@H](C)O[C@H](C)C3)=NC2=O)c1OC. The molecule has 1 amide bonds. The number of benzene rings is 1. The Morgan fingerprint density at radius 1 is 1.24 bits per heavy atom. The molecule has 6 nitrogen and oxygen atoms in total. The van der Waals surface area contributed by atoms with E-state index in [1.54, 1.807) is 20.3 Å². The van der Waals surface area contributed by atoms with Gasteiger partial charge in [0.15, 0.2) is 16.7 Å². The average Bonchev–Trinajstić information content (AvgIpc) is 2.94. The van der Waals surface area contributed by atoms with E-state index in [-0.39, 0.29) is 18.1 Å². The molecule has 0 aliphatic carbocycles. The quantitative estimate of drug-likeness (QED) is 0.771. The van der Waals surface area contributed by atoms with Crippen LogP contribution in [0.15, 0.2) is 28.1 Å². The van der Waals surface area contributed by atoms with Crippen LogP contribution in [0, 0.1) is 0 Å². The molecule has 2 atom stereocenters. The van der Waals surface area contributed by atoms with E-state index in [9.17, 15) is 4.79 Å². The van der Waals surface area contributed by atoms with Crippen LogP contribution in [-0.4, -0.2) is 55.5 Å². The molecule has 0 spiro atoms. The first-order valence-corrected chi connectivity index (χ1v) is 8.97. The standard InChI is InChI=1S/C18H22N2O4S/c1-11-9-20(10-12(2)24-11)18-19-17(21)15(25-18)8-13-6-5-7-14(22-3)16(13)23-4/h5-8,11-12H,9-10H2,1-4H3/b15-8-/t11-,12-/m1/s1. The van der Waals surface area contributed by atoms with Crippen molar-refractivity contribution in [2.75, 3.05) is 27.3 Å². The molecule has 2 aliphatic rings. The Balaban J connectivity index is 1.82. The summed E-state index contributed by atoms with van der Waals surface area (Å²) in [5, 5.41) is 0.736. The van der Waals surface area contributed by atoms with Gasteiger partial charge in [-0.05, 0) is 37.8 Å². The number of hydrogen-bond acceptors (Lipinski definition) is 6. The van der Waals surface area contributed by atoms with Gasteiger partial charge in [0.2, 0.25) is 0 Å². The number of ether oxygens (including phenoxy) is 3. The summed E-state index contributed by atoms with van der Waals surface area (Å²) < 4.78 is 16.5. The third-order valence-electron chi connectivity index (χ3n) is 4.02. The summed E-state index contributed by atoms with van der Waals surface area (Å²) in [5.74, 6) is 1.01. The van der Waals surface area contributed by atoms with Crippen LogP contribution in [0.3, 0.4) is 0 Å². The number of methoxy groups -OCH3 is 2. The number of hydrogen-bond donors (Lipinski definition) is 0. The predicted octanol–water partition coefficient (Wildman–Crippen LogP) is 2.78. The maximum atomic E-state index is 12.3. The van der Waals surface area contributed by atoms with Crippen LogP contribution in [0.5, 0.6) is 11.5 Å². The fourth-order valence-corrected chi connectivity index (χ4v) is 3.96. The average molecular weight is 362 g/mol. The minimum Gasteiger partial charge on any atom is -0.493 e. The number of amides is 1. The first-order chi connectivity index (χ1) is 12.0. The Kier molecular flexibility index (Phi) is 5.34. The van der Waals surface area contributed by atoms with Crippen LogP contribution in [0.2, 0.25) is 0 Å². The summed E-state index contributed by atoms with van der Waals surface area (Å²) in [4.78, 5) is 19.3. The number of nitrogens with zero attached hydrogens (tertiary/aromatic N) is 2. The zero-order valence-corrected chi connectivity index (χ0v) is 15.6. The third-order valence-corrected chi connectivity index (χ3v) is 5.06. The van der Waals surface area contributed by atoms with Crippen LogP contribution in [0.1, 0.15) is 19.4 Å². The summed E-state index contributed by atoms with van der Waals surface area (Å²) in [7, 11) is 3.17. The molecular formula is C18H22N2O4S. The summed E-state index contributed by atoms with van der Waals surface area (Å²) >= 11 is 1.39. The van der Waals surface area contributed by atoms with Crippen LogP contribution in [-0.2, 0) is 9.53 Å². The summed E-state index contributed by atoms with van der Waals surface area (Å²) in [6.45, 7) is 5.53. The van der Waals surface area contributed by atoms with E-state index >= 15 is 0 Å². The molecule has 0 aromatic heterocycles. The van der Waals surface area contributed by atoms with Crippen molar-refractivity contribution in [1.29, 1.82) is 0 Å². The van der Waals surface area contributed by atoms with E-state index < -0.39 is 0 Å².